The van der Waals surface area contributed by atoms with E-state index in [9.17, 15) is 13.2 Å². The second-order valence-corrected chi connectivity index (χ2v) is 2.24. The van der Waals surface area contributed by atoms with Gasteiger partial charge in [0.1, 0.15) is 5.76 Å². The Morgan fingerprint density at radius 2 is 2.18 bits per heavy atom. The fraction of sp³-hybridized carbons (Fsp3) is 0.500. The minimum absolute atomic E-state index is 0.0694. The molecule has 0 N–H and O–H groups in total. The first-order valence-corrected chi connectivity index (χ1v) is 2.97. The van der Waals surface area contributed by atoms with Gasteiger partial charge in [-0.25, -0.2) is 0 Å². The Kier molecular flexibility index (Phi) is 2.08. The number of nitrogens with zero attached hydrogens (tertiary/aromatic N) is 1. The van der Waals surface area contributed by atoms with Crippen molar-refractivity contribution >= 4 is 0 Å². The van der Waals surface area contributed by atoms with E-state index in [1.807, 2.05) is 0 Å². The Bertz CT molecular complexity index is 175. The van der Waals surface area contributed by atoms with E-state index >= 15 is 0 Å². The van der Waals surface area contributed by atoms with Gasteiger partial charge >= 0.3 is 6.36 Å². The van der Waals surface area contributed by atoms with Crippen LogP contribution in [0.5, 0.6) is 0 Å². The monoisotopic (exact) mass is 166 g/mol. The Labute approximate surface area is 62.2 Å². The van der Waals surface area contributed by atoms with Crippen molar-refractivity contribution < 1.29 is 17.9 Å². The van der Waals surface area contributed by atoms with Gasteiger partial charge < -0.3 is 4.74 Å². The maximum atomic E-state index is 11.5. The van der Waals surface area contributed by atoms with Crippen molar-refractivity contribution in [2.75, 3.05) is 13.6 Å². The van der Waals surface area contributed by atoms with Crippen LogP contribution in [0.3, 0.4) is 0 Å². The van der Waals surface area contributed by atoms with Gasteiger partial charge in [-0.1, -0.05) is 0 Å². The zero-order valence-corrected chi connectivity index (χ0v) is 5.85. The summed E-state index contributed by atoms with van der Waals surface area (Å²) in [5, 5.41) is 0. The Morgan fingerprint density at radius 1 is 1.55 bits per heavy atom. The van der Waals surface area contributed by atoms with Gasteiger partial charge in [-0.3, -0.25) is 4.90 Å². The van der Waals surface area contributed by atoms with Crippen LogP contribution < -0.4 is 0 Å². The van der Waals surface area contributed by atoms with Crippen LogP contribution in [0.25, 0.3) is 0 Å². The lowest BCUT2D eigenvalue weighted by molar-refractivity contribution is -0.305. The number of halogens is 3. The average molecular weight is 166 g/mol. The van der Waals surface area contributed by atoms with Crippen LogP contribution in [0.15, 0.2) is 11.8 Å². The highest BCUT2D eigenvalue weighted by Gasteiger charge is 2.33. The molecule has 0 aromatic carbocycles. The molecule has 5 heteroatoms. The van der Waals surface area contributed by atoms with Gasteiger partial charge in [0, 0.05) is 0 Å². The highest BCUT2D eigenvalue weighted by atomic mass is 19.4. The highest BCUT2D eigenvalue weighted by molar-refractivity contribution is 5.10. The maximum Gasteiger partial charge on any atom is 0.572 e. The number of rotatable bonds is 1. The first kappa shape index (κ1) is 8.39. The van der Waals surface area contributed by atoms with Crippen LogP contribution in [0.4, 0.5) is 13.2 Å². The minimum atomic E-state index is -4.56. The summed E-state index contributed by atoms with van der Waals surface area (Å²) < 4.78 is 38.3. The number of likely N-dealkylation sites (N-methyl/N-ethyl adjacent to an activating group) is 1. The van der Waals surface area contributed by atoms with Crippen LogP contribution in [0.1, 0.15) is 0 Å². The molecule has 1 radical (unpaired) electrons. The van der Waals surface area contributed by atoms with Gasteiger partial charge in [0.15, 0.2) is 0 Å². The SMILES string of the molecule is CN1[CH]C=C(OC(F)(F)F)C1. The van der Waals surface area contributed by atoms with Crippen LogP contribution in [0.2, 0.25) is 0 Å². The molecule has 1 aliphatic heterocycles. The Morgan fingerprint density at radius 3 is 2.55 bits per heavy atom. The van der Waals surface area contributed by atoms with E-state index in [2.05, 4.69) is 4.74 Å². The lowest BCUT2D eigenvalue weighted by atomic mass is 10.5. The molecule has 2 nitrogen and oxygen atoms in total. The van der Waals surface area contributed by atoms with Crippen molar-refractivity contribution in [2.45, 2.75) is 6.36 Å². The molecule has 63 valence electrons. The third kappa shape index (κ3) is 2.80. The molecule has 11 heavy (non-hydrogen) atoms. The predicted molar refractivity (Wildman–Crippen MR) is 32.2 cm³/mol. The first-order valence-electron chi connectivity index (χ1n) is 2.97. The molecule has 0 aliphatic carbocycles. The summed E-state index contributed by atoms with van der Waals surface area (Å²) in [7, 11) is 1.67. The van der Waals surface area contributed by atoms with Crippen molar-refractivity contribution in [3.8, 4) is 0 Å². The van der Waals surface area contributed by atoms with Crippen molar-refractivity contribution in [2.24, 2.45) is 0 Å². The van der Waals surface area contributed by atoms with E-state index in [1.165, 1.54) is 12.6 Å². The predicted octanol–water partition coefficient (Wildman–Crippen LogP) is 1.51. The van der Waals surface area contributed by atoms with Crippen molar-refractivity contribution in [1.29, 1.82) is 0 Å². The summed E-state index contributed by atoms with van der Waals surface area (Å²) in [6, 6.07) is 0. The maximum absolute atomic E-state index is 11.5. The standard InChI is InChI=1S/C6H7F3NO/c1-10-3-2-5(4-10)11-6(7,8)9/h2-3H,4H2,1H3. The molecule has 0 fully saturated rings. The molecule has 0 saturated carbocycles. The molecular formula is C6H7F3NO. The first-order chi connectivity index (χ1) is 4.97. The van der Waals surface area contributed by atoms with Crippen molar-refractivity contribution in [1.82, 2.24) is 4.90 Å². The molecule has 0 aromatic rings. The number of ether oxygens (including phenoxy) is 1. The van der Waals surface area contributed by atoms with E-state index in [4.69, 9.17) is 0 Å². The van der Waals surface area contributed by atoms with E-state index in [1.54, 1.807) is 11.9 Å². The molecule has 0 bridgehead atoms. The molecule has 0 unspecified atom stereocenters. The molecular weight excluding hydrogens is 159 g/mol. The van der Waals surface area contributed by atoms with E-state index in [0.717, 1.165) is 0 Å². The normalized spacial score (nSPS) is 20.2. The molecule has 1 heterocycles. The van der Waals surface area contributed by atoms with Crippen LogP contribution in [-0.4, -0.2) is 24.9 Å². The van der Waals surface area contributed by atoms with Gasteiger partial charge in [0.25, 0.3) is 0 Å². The third-order valence-corrected chi connectivity index (χ3v) is 1.17. The van der Waals surface area contributed by atoms with Crippen LogP contribution >= 0.6 is 0 Å². The summed E-state index contributed by atoms with van der Waals surface area (Å²) in [5.74, 6) is -0.0694. The van der Waals surface area contributed by atoms with E-state index in [-0.39, 0.29) is 12.3 Å². The minimum Gasteiger partial charge on any atom is -0.409 e. The molecule has 0 spiro atoms. The Hall–Kier alpha value is -0.710. The fourth-order valence-corrected chi connectivity index (χ4v) is 0.777. The summed E-state index contributed by atoms with van der Waals surface area (Å²) in [5.41, 5.74) is 0. The van der Waals surface area contributed by atoms with Gasteiger partial charge in [-0.2, -0.15) is 0 Å². The molecule has 0 amide bonds. The quantitative estimate of drug-likeness (QED) is 0.585. The molecule has 0 atom stereocenters. The molecule has 1 aliphatic rings. The van der Waals surface area contributed by atoms with Crippen molar-refractivity contribution in [3.05, 3.63) is 18.4 Å². The second kappa shape index (κ2) is 2.73. The number of alkyl halides is 3. The van der Waals surface area contributed by atoms with E-state index < -0.39 is 6.36 Å². The van der Waals surface area contributed by atoms with Gasteiger partial charge in [0.05, 0.1) is 13.1 Å². The molecule has 1 rings (SSSR count). The zero-order chi connectivity index (χ0) is 8.48. The zero-order valence-electron chi connectivity index (χ0n) is 5.85. The third-order valence-electron chi connectivity index (χ3n) is 1.17. The number of hydrogen-bond acceptors (Lipinski definition) is 2. The average Bonchev–Trinajstić information content (AvgIpc) is 2.10. The Balaban J connectivity index is 2.40. The summed E-state index contributed by atoms with van der Waals surface area (Å²) in [6.45, 7) is 1.71. The van der Waals surface area contributed by atoms with Gasteiger partial charge in [0.2, 0.25) is 0 Å². The summed E-state index contributed by atoms with van der Waals surface area (Å²) in [4.78, 5) is 1.60. The summed E-state index contributed by atoms with van der Waals surface area (Å²) in [6.07, 6.45) is -3.27. The highest BCUT2D eigenvalue weighted by Crippen LogP contribution is 2.23. The lowest BCUT2D eigenvalue weighted by Gasteiger charge is -2.10. The number of hydrogen-bond donors (Lipinski definition) is 0. The molecule has 0 saturated heterocycles. The topological polar surface area (TPSA) is 12.5 Å². The van der Waals surface area contributed by atoms with E-state index in [0.29, 0.717) is 0 Å². The largest absolute Gasteiger partial charge is 0.572 e. The smallest absolute Gasteiger partial charge is 0.409 e. The van der Waals surface area contributed by atoms with Crippen LogP contribution in [0, 0.1) is 6.54 Å². The second-order valence-electron chi connectivity index (χ2n) is 2.24. The van der Waals surface area contributed by atoms with Gasteiger partial charge in [-0.05, 0) is 13.1 Å². The van der Waals surface area contributed by atoms with Gasteiger partial charge in [-0.15, -0.1) is 13.2 Å². The van der Waals surface area contributed by atoms with Crippen LogP contribution in [-0.2, 0) is 4.74 Å². The summed E-state index contributed by atoms with van der Waals surface area (Å²) >= 11 is 0. The molecule has 0 aromatic heterocycles. The fourth-order valence-electron chi connectivity index (χ4n) is 0.777. The van der Waals surface area contributed by atoms with Crippen molar-refractivity contribution in [3.63, 3.8) is 0 Å². The lowest BCUT2D eigenvalue weighted by Crippen LogP contribution is -2.17.